The van der Waals surface area contributed by atoms with E-state index in [0.29, 0.717) is 11.4 Å². The largest absolute Gasteiger partial charge is 0.374 e. The molecular weight excluding hydrogens is 226 g/mol. The molecule has 0 unspecified atom stereocenters. The van der Waals surface area contributed by atoms with E-state index in [-0.39, 0.29) is 5.78 Å². The fourth-order valence-electron chi connectivity index (χ4n) is 1.60. The SMILES string of the molecule is CN/C(=C\C(=O)c1ccc(C)cc1)n1ccnc1. The zero-order valence-electron chi connectivity index (χ0n) is 10.4. The van der Waals surface area contributed by atoms with Crippen LogP contribution in [-0.2, 0) is 0 Å². The maximum Gasteiger partial charge on any atom is 0.189 e. The van der Waals surface area contributed by atoms with Gasteiger partial charge in [0.1, 0.15) is 12.1 Å². The summed E-state index contributed by atoms with van der Waals surface area (Å²) in [5.74, 6) is 0.658. The van der Waals surface area contributed by atoms with E-state index in [1.165, 1.54) is 0 Å². The van der Waals surface area contributed by atoms with E-state index in [1.807, 2.05) is 31.2 Å². The topological polar surface area (TPSA) is 46.9 Å². The summed E-state index contributed by atoms with van der Waals surface area (Å²) in [6.45, 7) is 1.99. The van der Waals surface area contributed by atoms with Crippen LogP contribution in [0, 0.1) is 6.92 Å². The first-order chi connectivity index (χ1) is 8.70. The van der Waals surface area contributed by atoms with Gasteiger partial charge in [-0.15, -0.1) is 0 Å². The smallest absolute Gasteiger partial charge is 0.189 e. The number of nitrogens with one attached hydrogen (secondary N) is 1. The Hall–Kier alpha value is -2.36. The third-order valence-electron chi connectivity index (χ3n) is 2.64. The van der Waals surface area contributed by atoms with Crippen molar-refractivity contribution < 1.29 is 4.79 Å². The lowest BCUT2D eigenvalue weighted by Gasteiger charge is -2.07. The molecule has 0 spiro atoms. The van der Waals surface area contributed by atoms with Gasteiger partial charge in [-0.1, -0.05) is 29.8 Å². The highest BCUT2D eigenvalue weighted by Crippen LogP contribution is 2.07. The van der Waals surface area contributed by atoms with Crippen LogP contribution in [0.1, 0.15) is 15.9 Å². The number of aryl methyl sites for hydroxylation is 1. The van der Waals surface area contributed by atoms with E-state index < -0.39 is 0 Å². The first-order valence-corrected chi connectivity index (χ1v) is 5.69. The average molecular weight is 241 g/mol. The van der Waals surface area contributed by atoms with E-state index in [0.717, 1.165) is 5.56 Å². The highest BCUT2D eigenvalue weighted by Gasteiger charge is 2.05. The van der Waals surface area contributed by atoms with Crippen LogP contribution >= 0.6 is 0 Å². The van der Waals surface area contributed by atoms with Gasteiger partial charge in [0.2, 0.25) is 0 Å². The maximum atomic E-state index is 12.1. The molecule has 1 heterocycles. The second-order valence-electron chi connectivity index (χ2n) is 3.98. The summed E-state index contributed by atoms with van der Waals surface area (Å²) in [7, 11) is 1.77. The van der Waals surface area contributed by atoms with Gasteiger partial charge in [0.05, 0.1) is 0 Å². The number of imidazole rings is 1. The van der Waals surface area contributed by atoms with Crippen molar-refractivity contribution >= 4 is 11.6 Å². The van der Waals surface area contributed by atoms with Crippen molar-refractivity contribution in [3.63, 3.8) is 0 Å². The zero-order valence-corrected chi connectivity index (χ0v) is 10.4. The van der Waals surface area contributed by atoms with Crippen molar-refractivity contribution in [2.24, 2.45) is 0 Å². The molecule has 4 nitrogen and oxygen atoms in total. The Balaban J connectivity index is 2.26. The summed E-state index contributed by atoms with van der Waals surface area (Å²) >= 11 is 0. The quantitative estimate of drug-likeness (QED) is 0.658. The van der Waals surface area contributed by atoms with Gasteiger partial charge < -0.3 is 5.32 Å². The van der Waals surface area contributed by atoms with Gasteiger partial charge in [-0.25, -0.2) is 4.98 Å². The average Bonchev–Trinajstić information content (AvgIpc) is 2.90. The standard InChI is InChI=1S/C14H15N3O/c1-11-3-5-12(6-4-11)13(18)9-14(15-2)17-8-7-16-10-17/h3-10,15H,1-2H3/b14-9+. The first-order valence-electron chi connectivity index (χ1n) is 5.69. The minimum absolute atomic E-state index is 0.0342. The molecule has 0 fully saturated rings. The number of carbonyl (C=O) groups excluding carboxylic acids is 1. The number of allylic oxidation sites excluding steroid dienone is 1. The molecule has 2 rings (SSSR count). The Kier molecular flexibility index (Phi) is 3.57. The van der Waals surface area contributed by atoms with E-state index in [1.54, 1.807) is 36.4 Å². The number of benzene rings is 1. The molecule has 1 aromatic heterocycles. The summed E-state index contributed by atoms with van der Waals surface area (Å²) in [5.41, 5.74) is 1.81. The van der Waals surface area contributed by atoms with Crippen LogP contribution in [0.2, 0.25) is 0 Å². The van der Waals surface area contributed by atoms with Gasteiger partial charge in [-0.3, -0.25) is 9.36 Å². The molecule has 0 saturated heterocycles. The molecule has 2 aromatic rings. The van der Waals surface area contributed by atoms with E-state index in [9.17, 15) is 4.79 Å². The zero-order chi connectivity index (χ0) is 13.0. The number of rotatable bonds is 4. The molecule has 0 radical (unpaired) electrons. The molecule has 0 aliphatic rings. The number of nitrogens with zero attached hydrogens (tertiary/aromatic N) is 2. The van der Waals surface area contributed by atoms with Gasteiger partial charge in [0.25, 0.3) is 0 Å². The van der Waals surface area contributed by atoms with E-state index >= 15 is 0 Å². The highest BCUT2D eigenvalue weighted by atomic mass is 16.1. The maximum absolute atomic E-state index is 12.1. The molecule has 0 aliphatic carbocycles. The molecule has 0 aliphatic heterocycles. The number of hydrogen-bond acceptors (Lipinski definition) is 3. The predicted molar refractivity (Wildman–Crippen MR) is 71.1 cm³/mol. The van der Waals surface area contributed by atoms with Crippen molar-refractivity contribution in [3.05, 3.63) is 60.2 Å². The molecule has 92 valence electrons. The van der Waals surface area contributed by atoms with Crippen molar-refractivity contribution in [2.75, 3.05) is 7.05 Å². The molecule has 1 aromatic carbocycles. The monoisotopic (exact) mass is 241 g/mol. The number of aromatic nitrogens is 2. The van der Waals surface area contributed by atoms with E-state index in [2.05, 4.69) is 10.3 Å². The molecule has 0 atom stereocenters. The molecular formula is C14H15N3O. The Morgan fingerprint density at radius 1 is 1.33 bits per heavy atom. The van der Waals surface area contributed by atoms with Crippen LogP contribution in [0.3, 0.4) is 0 Å². The van der Waals surface area contributed by atoms with Gasteiger partial charge >= 0.3 is 0 Å². The van der Waals surface area contributed by atoms with Crippen molar-refractivity contribution in [1.29, 1.82) is 0 Å². The Morgan fingerprint density at radius 3 is 2.61 bits per heavy atom. The Labute approximate surface area is 106 Å². The second kappa shape index (κ2) is 5.31. The fraction of sp³-hybridized carbons (Fsp3) is 0.143. The fourth-order valence-corrected chi connectivity index (χ4v) is 1.60. The lowest BCUT2D eigenvalue weighted by molar-refractivity contribution is 0.104. The summed E-state index contributed by atoms with van der Waals surface area (Å²) in [6, 6.07) is 7.51. The molecule has 0 bridgehead atoms. The van der Waals surface area contributed by atoms with E-state index in [4.69, 9.17) is 0 Å². The van der Waals surface area contributed by atoms with Crippen molar-refractivity contribution in [2.45, 2.75) is 6.92 Å². The van der Waals surface area contributed by atoms with Gasteiger partial charge in [-0.05, 0) is 6.92 Å². The van der Waals surface area contributed by atoms with Crippen LogP contribution in [0.5, 0.6) is 0 Å². The lowest BCUT2D eigenvalue weighted by Crippen LogP contribution is -2.12. The highest BCUT2D eigenvalue weighted by molar-refractivity contribution is 6.07. The van der Waals surface area contributed by atoms with Gasteiger partial charge in [0, 0.05) is 31.1 Å². The number of hydrogen-bond donors (Lipinski definition) is 1. The van der Waals surface area contributed by atoms with Crippen LogP contribution in [-0.4, -0.2) is 22.4 Å². The van der Waals surface area contributed by atoms with Crippen molar-refractivity contribution in [3.8, 4) is 0 Å². The summed E-state index contributed by atoms with van der Waals surface area (Å²) in [4.78, 5) is 16.0. The van der Waals surface area contributed by atoms with Crippen LogP contribution in [0.15, 0.2) is 49.1 Å². The van der Waals surface area contributed by atoms with Gasteiger partial charge in [0.15, 0.2) is 5.78 Å². The van der Waals surface area contributed by atoms with Crippen molar-refractivity contribution in [1.82, 2.24) is 14.9 Å². The third-order valence-corrected chi connectivity index (χ3v) is 2.64. The van der Waals surface area contributed by atoms with Crippen LogP contribution in [0.25, 0.3) is 5.82 Å². The molecule has 0 saturated carbocycles. The summed E-state index contributed by atoms with van der Waals surface area (Å²) < 4.78 is 1.76. The minimum Gasteiger partial charge on any atom is -0.374 e. The number of carbonyl (C=O) groups is 1. The first kappa shape index (κ1) is 12.1. The second-order valence-corrected chi connectivity index (χ2v) is 3.98. The van der Waals surface area contributed by atoms with Crippen LogP contribution < -0.4 is 5.32 Å². The molecule has 0 amide bonds. The summed E-state index contributed by atoms with van der Waals surface area (Å²) in [6.07, 6.45) is 6.66. The molecule has 18 heavy (non-hydrogen) atoms. The normalized spacial score (nSPS) is 11.3. The Morgan fingerprint density at radius 2 is 2.06 bits per heavy atom. The molecule has 4 heteroatoms. The Bertz CT molecular complexity index is 553. The third kappa shape index (κ3) is 2.66. The number of ketones is 1. The van der Waals surface area contributed by atoms with Crippen LogP contribution in [0.4, 0.5) is 0 Å². The van der Waals surface area contributed by atoms with Gasteiger partial charge in [-0.2, -0.15) is 0 Å². The lowest BCUT2D eigenvalue weighted by atomic mass is 10.1. The summed E-state index contributed by atoms with van der Waals surface area (Å²) in [5, 5.41) is 2.98. The molecule has 1 N–H and O–H groups in total. The minimum atomic E-state index is -0.0342. The predicted octanol–water partition coefficient (Wildman–Crippen LogP) is 2.09.